The average Bonchev–Trinajstić information content (AvgIpc) is 3.01. The van der Waals surface area contributed by atoms with E-state index in [-0.39, 0.29) is 24.3 Å². The van der Waals surface area contributed by atoms with E-state index in [1.807, 2.05) is 0 Å². The summed E-state index contributed by atoms with van der Waals surface area (Å²) in [6.45, 7) is 0.304. The number of ether oxygens (including phenoxy) is 3. The molecule has 2 aromatic carbocycles. The fourth-order valence-electron chi connectivity index (χ4n) is 3.51. The number of ketones is 1. The second kappa shape index (κ2) is 8.96. The van der Waals surface area contributed by atoms with Crippen LogP contribution in [0.15, 0.2) is 48.0 Å². The van der Waals surface area contributed by atoms with Gasteiger partial charge in [0.25, 0.3) is 11.7 Å². The summed E-state index contributed by atoms with van der Waals surface area (Å²) in [5, 5.41) is 10.9. The summed E-state index contributed by atoms with van der Waals surface area (Å²) < 4.78 is 29.2. The van der Waals surface area contributed by atoms with Crippen molar-refractivity contribution in [2.45, 2.75) is 6.04 Å². The maximum absolute atomic E-state index is 13.3. The van der Waals surface area contributed by atoms with Gasteiger partial charge in [-0.25, -0.2) is 4.39 Å². The van der Waals surface area contributed by atoms with Gasteiger partial charge < -0.3 is 24.2 Å². The smallest absolute Gasteiger partial charge is 0.295 e. The standard InChI is InChI=1S/C22H22FNO6/c1-28-12-11-24-18(15-5-4-6-16(29-2)21(15)30-3)17(20(26)22(24)27)19(25)13-7-9-14(23)10-8-13/h4-10,18,25H,11-12H2,1-3H3/b19-17+. The number of Topliss-reactive ketones (excluding diaryl/α,β-unsaturated/α-hetero) is 1. The molecule has 1 aliphatic rings. The Hall–Kier alpha value is -3.39. The monoisotopic (exact) mass is 415 g/mol. The zero-order valence-corrected chi connectivity index (χ0v) is 16.8. The number of methoxy groups -OCH3 is 3. The zero-order chi connectivity index (χ0) is 21.8. The summed E-state index contributed by atoms with van der Waals surface area (Å²) in [5.41, 5.74) is 0.568. The number of amides is 1. The van der Waals surface area contributed by atoms with Crippen LogP contribution >= 0.6 is 0 Å². The van der Waals surface area contributed by atoms with E-state index in [1.165, 1.54) is 38.4 Å². The molecule has 1 unspecified atom stereocenters. The number of aliphatic hydroxyl groups is 1. The SMILES string of the molecule is COCCN1C(=O)C(=O)/C(=C(/O)c2ccc(F)cc2)C1c1cccc(OC)c1OC. The molecule has 1 heterocycles. The van der Waals surface area contributed by atoms with Gasteiger partial charge >= 0.3 is 0 Å². The fraction of sp³-hybridized carbons (Fsp3) is 0.273. The summed E-state index contributed by atoms with van der Waals surface area (Å²) in [7, 11) is 4.40. The molecule has 1 aliphatic heterocycles. The molecule has 1 amide bonds. The van der Waals surface area contributed by atoms with Crippen molar-refractivity contribution in [3.63, 3.8) is 0 Å². The third kappa shape index (κ3) is 3.73. The van der Waals surface area contributed by atoms with E-state index in [1.54, 1.807) is 18.2 Å². The number of carbonyl (C=O) groups is 2. The van der Waals surface area contributed by atoms with Crippen molar-refractivity contribution in [2.75, 3.05) is 34.5 Å². The van der Waals surface area contributed by atoms with Crippen LogP contribution in [-0.2, 0) is 14.3 Å². The molecule has 0 saturated carbocycles. The molecule has 0 spiro atoms. The number of rotatable bonds is 7. The number of hydrogen-bond acceptors (Lipinski definition) is 6. The quantitative estimate of drug-likeness (QED) is 0.425. The second-order valence-electron chi connectivity index (χ2n) is 6.57. The molecule has 1 atom stereocenters. The highest BCUT2D eigenvalue weighted by atomic mass is 19.1. The highest BCUT2D eigenvalue weighted by molar-refractivity contribution is 6.46. The van der Waals surface area contributed by atoms with Gasteiger partial charge in [-0.05, 0) is 30.3 Å². The normalized spacial score (nSPS) is 18.0. The number of para-hydroxylation sites is 1. The predicted octanol–water partition coefficient (Wildman–Crippen LogP) is 2.91. The average molecular weight is 415 g/mol. The number of halogens is 1. The van der Waals surface area contributed by atoms with E-state index < -0.39 is 29.3 Å². The minimum atomic E-state index is -0.935. The lowest BCUT2D eigenvalue weighted by Gasteiger charge is -2.27. The number of nitrogens with zero attached hydrogens (tertiary/aromatic N) is 1. The molecule has 1 fully saturated rings. The molecule has 1 saturated heterocycles. The maximum atomic E-state index is 13.3. The molecule has 0 aliphatic carbocycles. The number of benzene rings is 2. The summed E-state index contributed by atoms with van der Waals surface area (Å²) >= 11 is 0. The highest BCUT2D eigenvalue weighted by Crippen LogP contribution is 2.45. The lowest BCUT2D eigenvalue weighted by Crippen LogP contribution is -2.32. The molecule has 2 aromatic rings. The van der Waals surface area contributed by atoms with Crippen LogP contribution in [0, 0.1) is 5.82 Å². The summed E-state index contributed by atoms with van der Waals surface area (Å²) in [6.07, 6.45) is 0. The van der Waals surface area contributed by atoms with Gasteiger partial charge in [0, 0.05) is 24.8 Å². The van der Waals surface area contributed by atoms with Crippen molar-refractivity contribution < 1.29 is 33.3 Å². The van der Waals surface area contributed by atoms with Crippen LogP contribution in [0.25, 0.3) is 5.76 Å². The molecule has 158 valence electrons. The van der Waals surface area contributed by atoms with Gasteiger partial charge in [0.1, 0.15) is 11.6 Å². The van der Waals surface area contributed by atoms with Crippen molar-refractivity contribution in [3.05, 3.63) is 65.0 Å². The van der Waals surface area contributed by atoms with Crippen LogP contribution < -0.4 is 9.47 Å². The number of likely N-dealkylation sites (tertiary alicyclic amines) is 1. The van der Waals surface area contributed by atoms with Gasteiger partial charge in [-0.3, -0.25) is 9.59 Å². The van der Waals surface area contributed by atoms with Crippen molar-refractivity contribution in [2.24, 2.45) is 0 Å². The first-order valence-corrected chi connectivity index (χ1v) is 9.18. The zero-order valence-electron chi connectivity index (χ0n) is 16.8. The van der Waals surface area contributed by atoms with E-state index in [0.717, 1.165) is 12.1 Å². The van der Waals surface area contributed by atoms with Crippen LogP contribution in [0.3, 0.4) is 0 Å². The van der Waals surface area contributed by atoms with E-state index >= 15 is 0 Å². The van der Waals surface area contributed by atoms with Crippen molar-refractivity contribution in [1.29, 1.82) is 0 Å². The topological polar surface area (TPSA) is 85.3 Å². The minimum Gasteiger partial charge on any atom is -0.507 e. The van der Waals surface area contributed by atoms with E-state index in [9.17, 15) is 19.1 Å². The van der Waals surface area contributed by atoms with Crippen molar-refractivity contribution in [3.8, 4) is 11.5 Å². The first kappa shape index (κ1) is 21.3. The van der Waals surface area contributed by atoms with Gasteiger partial charge in [0.05, 0.1) is 32.4 Å². The molecule has 0 radical (unpaired) electrons. The molecule has 0 aromatic heterocycles. The fourth-order valence-corrected chi connectivity index (χ4v) is 3.51. The van der Waals surface area contributed by atoms with Crippen LogP contribution in [0.2, 0.25) is 0 Å². The van der Waals surface area contributed by atoms with Gasteiger partial charge in [-0.15, -0.1) is 0 Å². The summed E-state index contributed by atoms with van der Waals surface area (Å²) in [6, 6.07) is 9.15. The minimum absolute atomic E-state index is 0.116. The van der Waals surface area contributed by atoms with E-state index in [4.69, 9.17) is 14.2 Å². The Morgan fingerprint density at radius 1 is 1.07 bits per heavy atom. The molecule has 3 rings (SSSR count). The molecular formula is C22H22FNO6. The van der Waals surface area contributed by atoms with Crippen LogP contribution in [0.5, 0.6) is 11.5 Å². The van der Waals surface area contributed by atoms with Gasteiger partial charge in [0.2, 0.25) is 0 Å². The first-order valence-electron chi connectivity index (χ1n) is 9.18. The highest BCUT2D eigenvalue weighted by Gasteiger charge is 2.47. The Morgan fingerprint density at radius 3 is 2.37 bits per heavy atom. The Kier molecular flexibility index (Phi) is 6.37. The Labute approximate surface area is 173 Å². The Bertz CT molecular complexity index is 986. The first-order chi connectivity index (χ1) is 14.4. The molecule has 8 heteroatoms. The van der Waals surface area contributed by atoms with Gasteiger partial charge in [-0.1, -0.05) is 12.1 Å². The van der Waals surface area contributed by atoms with E-state index in [2.05, 4.69) is 0 Å². The van der Waals surface area contributed by atoms with Gasteiger partial charge in [0.15, 0.2) is 11.5 Å². The predicted molar refractivity (Wildman–Crippen MR) is 107 cm³/mol. The van der Waals surface area contributed by atoms with Gasteiger partial charge in [-0.2, -0.15) is 0 Å². The Balaban J connectivity index is 2.24. The molecule has 30 heavy (non-hydrogen) atoms. The molecule has 1 N–H and O–H groups in total. The third-order valence-electron chi connectivity index (χ3n) is 4.92. The van der Waals surface area contributed by atoms with Crippen LogP contribution in [-0.4, -0.2) is 56.2 Å². The van der Waals surface area contributed by atoms with Crippen LogP contribution in [0.4, 0.5) is 4.39 Å². The molecular weight excluding hydrogens is 393 g/mol. The van der Waals surface area contributed by atoms with E-state index in [0.29, 0.717) is 17.1 Å². The number of carbonyl (C=O) groups excluding carboxylic acids is 2. The number of hydrogen-bond donors (Lipinski definition) is 1. The van der Waals surface area contributed by atoms with Crippen molar-refractivity contribution in [1.82, 2.24) is 4.90 Å². The largest absolute Gasteiger partial charge is 0.507 e. The lowest BCUT2D eigenvalue weighted by molar-refractivity contribution is -0.140. The Morgan fingerprint density at radius 2 is 1.77 bits per heavy atom. The summed E-state index contributed by atoms with van der Waals surface area (Å²) in [5.74, 6) is -1.76. The molecule has 0 bridgehead atoms. The lowest BCUT2D eigenvalue weighted by atomic mass is 9.94. The maximum Gasteiger partial charge on any atom is 0.295 e. The second-order valence-corrected chi connectivity index (χ2v) is 6.57. The molecule has 7 nitrogen and oxygen atoms in total. The number of aliphatic hydroxyl groups excluding tert-OH is 1. The van der Waals surface area contributed by atoms with Crippen LogP contribution in [0.1, 0.15) is 17.2 Å². The third-order valence-corrected chi connectivity index (χ3v) is 4.92. The van der Waals surface area contributed by atoms with Crippen molar-refractivity contribution >= 4 is 17.4 Å². The summed E-state index contributed by atoms with van der Waals surface area (Å²) in [4.78, 5) is 27.0.